The number of pyridine rings is 1. The number of carbonyl (C=O) groups excluding carboxylic acids is 1. The van der Waals surface area contributed by atoms with E-state index in [1.807, 2.05) is 12.1 Å². The third-order valence-electron chi connectivity index (χ3n) is 3.55. The van der Waals surface area contributed by atoms with E-state index in [1.54, 1.807) is 36.5 Å². The lowest BCUT2D eigenvalue weighted by atomic mass is 10.1. The Balaban J connectivity index is 0.000000735. The number of nitrogens with zero attached hydrogens (tertiary/aromatic N) is 3. The van der Waals surface area contributed by atoms with Crippen molar-refractivity contribution in [3.63, 3.8) is 0 Å². The maximum Gasteiger partial charge on any atom is 0.269 e. The molecule has 0 saturated carbocycles. The Hall–Kier alpha value is -3.11. The van der Waals surface area contributed by atoms with Gasteiger partial charge in [-0.25, -0.2) is 9.97 Å². The van der Waals surface area contributed by atoms with Gasteiger partial charge in [0.15, 0.2) is 0 Å². The summed E-state index contributed by atoms with van der Waals surface area (Å²) in [6, 6.07) is 12.4. The van der Waals surface area contributed by atoms with Crippen LogP contribution in [0, 0.1) is 0 Å². The Kier molecular flexibility index (Phi) is 9.62. The monoisotopic (exact) mass is 430 g/mol. The maximum absolute atomic E-state index is 12.0. The van der Waals surface area contributed by atoms with E-state index in [9.17, 15) is 4.79 Å². The average Bonchev–Trinajstić information content (AvgIpc) is 2.78. The highest BCUT2D eigenvalue weighted by atomic mass is 35.5. The second-order valence-corrected chi connectivity index (χ2v) is 6.26. The highest BCUT2D eigenvalue weighted by Crippen LogP contribution is 2.21. The van der Waals surface area contributed by atoms with Crippen LogP contribution in [-0.4, -0.2) is 57.4 Å². The van der Waals surface area contributed by atoms with Crippen molar-refractivity contribution in [3.05, 3.63) is 65.6 Å². The first-order chi connectivity index (χ1) is 14.6. The number of aliphatic hydroxyl groups excluding tert-OH is 2. The Labute approximate surface area is 179 Å². The number of aliphatic hydroxyl groups is 2. The second kappa shape index (κ2) is 12.5. The molecule has 158 valence electrons. The summed E-state index contributed by atoms with van der Waals surface area (Å²) in [5.74, 6) is 0.0556. The predicted molar refractivity (Wildman–Crippen MR) is 116 cm³/mol. The summed E-state index contributed by atoms with van der Waals surface area (Å²) in [7, 11) is 0. The minimum atomic E-state index is -0.354. The van der Waals surface area contributed by atoms with Gasteiger partial charge < -0.3 is 26.6 Å². The van der Waals surface area contributed by atoms with Crippen LogP contribution in [0.4, 0.5) is 11.6 Å². The fourth-order valence-electron chi connectivity index (χ4n) is 2.25. The Morgan fingerprint density at radius 1 is 1.07 bits per heavy atom. The van der Waals surface area contributed by atoms with Gasteiger partial charge in [0.05, 0.1) is 18.9 Å². The quantitative estimate of drug-likeness (QED) is 0.379. The van der Waals surface area contributed by atoms with Crippen LogP contribution in [0.3, 0.4) is 0 Å². The van der Waals surface area contributed by atoms with Crippen molar-refractivity contribution in [2.45, 2.75) is 0 Å². The Morgan fingerprint density at radius 2 is 1.83 bits per heavy atom. The SMILES string of the molecule is NCCO.O=C(NCCO)c1cc(-c2ccnc(Nc3cccc(Cl)c3)n2)ccn1. The first kappa shape index (κ1) is 23.2. The number of anilines is 2. The number of aromatic nitrogens is 3. The molecule has 2 aromatic heterocycles. The van der Waals surface area contributed by atoms with Gasteiger partial charge in [-0.2, -0.15) is 0 Å². The molecular formula is C20H23ClN6O3. The topological polar surface area (TPSA) is 146 Å². The largest absolute Gasteiger partial charge is 0.395 e. The zero-order chi connectivity index (χ0) is 21.8. The molecule has 0 fully saturated rings. The van der Waals surface area contributed by atoms with Gasteiger partial charge in [0, 0.05) is 41.8 Å². The zero-order valence-electron chi connectivity index (χ0n) is 16.1. The van der Waals surface area contributed by atoms with E-state index in [1.165, 1.54) is 6.20 Å². The fourth-order valence-corrected chi connectivity index (χ4v) is 2.44. The van der Waals surface area contributed by atoms with E-state index in [4.69, 9.17) is 27.5 Å². The van der Waals surface area contributed by atoms with E-state index in [0.717, 1.165) is 11.3 Å². The molecule has 6 N–H and O–H groups in total. The molecule has 3 rings (SSSR count). The molecule has 30 heavy (non-hydrogen) atoms. The van der Waals surface area contributed by atoms with Crippen LogP contribution in [0.2, 0.25) is 5.02 Å². The van der Waals surface area contributed by atoms with Crippen molar-refractivity contribution >= 4 is 29.1 Å². The summed E-state index contributed by atoms with van der Waals surface area (Å²) in [5.41, 5.74) is 7.17. The Bertz CT molecular complexity index is 955. The molecule has 0 atom stereocenters. The van der Waals surface area contributed by atoms with Crippen molar-refractivity contribution < 1.29 is 15.0 Å². The van der Waals surface area contributed by atoms with Gasteiger partial charge in [0.1, 0.15) is 5.69 Å². The van der Waals surface area contributed by atoms with Gasteiger partial charge in [-0.1, -0.05) is 17.7 Å². The lowest BCUT2D eigenvalue weighted by Gasteiger charge is -2.08. The Morgan fingerprint density at radius 3 is 2.53 bits per heavy atom. The standard InChI is InChI=1S/C18H16ClN5O2.C2H7NO/c19-13-2-1-3-14(11-13)23-18-22-7-5-15(24-18)12-4-6-20-16(10-12)17(26)21-8-9-25;3-1-2-4/h1-7,10-11,25H,8-9H2,(H,21,26)(H,22,23,24);4H,1-3H2. The number of hydrogen-bond acceptors (Lipinski definition) is 8. The molecule has 0 unspecified atom stereocenters. The molecule has 3 aromatic rings. The van der Waals surface area contributed by atoms with Crippen LogP contribution in [0.1, 0.15) is 10.5 Å². The van der Waals surface area contributed by atoms with Crippen molar-refractivity contribution in [3.8, 4) is 11.3 Å². The highest BCUT2D eigenvalue weighted by Gasteiger charge is 2.09. The normalized spacial score (nSPS) is 10.0. The molecule has 10 heteroatoms. The van der Waals surface area contributed by atoms with E-state index in [-0.39, 0.29) is 31.4 Å². The summed E-state index contributed by atoms with van der Waals surface area (Å²) in [5, 5.41) is 22.8. The van der Waals surface area contributed by atoms with Crippen LogP contribution in [-0.2, 0) is 0 Å². The summed E-state index contributed by atoms with van der Waals surface area (Å²) < 4.78 is 0. The van der Waals surface area contributed by atoms with Gasteiger partial charge in [0.2, 0.25) is 5.95 Å². The van der Waals surface area contributed by atoms with Crippen molar-refractivity contribution in [2.75, 3.05) is 31.6 Å². The van der Waals surface area contributed by atoms with Gasteiger partial charge >= 0.3 is 0 Å². The lowest BCUT2D eigenvalue weighted by molar-refractivity contribution is 0.0940. The molecule has 0 spiro atoms. The molecule has 0 aliphatic carbocycles. The van der Waals surface area contributed by atoms with Gasteiger partial charge in [0.25, 0.3) is 5.91 Å². The second-order valence-electron chi connectivity index (χ2n) is 5.82. The number of hydrogen-bond donors (Lipinski definition) is 5. The molecule has 9 nitrogen and oxygen atoms in total. The van der Waals surface area contributed by atoms with Crippen LogP contribution in [0.25, 0.3) is 11.3 Å². The third kappa shape index (κ3) is 7.37. The molecular weight excluding hydrogens is 408 g/mol. The van der Waals surface area contributed by atoms with Gasteiger partial charge in [-0.05, 0) is 36.4 Å². The predicted octanol–water partition coefficient (Wildman–Crippen LogP) is 1.60. The number of benzene rings is 1. The van der Waals surface area contributed by atoms with Crippen LogP contribution < -0.4 is 16.4 Å². The minimum Gasteiger partial charge on any atom is -0.395 e. The van der Waals surface area contributed by atoms with Gasteiger partial charge in [-0.3, -0.25) is 9.78 Å². The van der Waals surface area contributed by atoms with E-state index >= 15 is 0 Å². The summed E-state index contributed by atoms with van der Waals surface area (Å²) in [6.07, 6.45) is 3.16. The molecule has 1 aromatic carbocycles. The van der Waals surface area contributed by atoms with Gasteiger partial charge in [-0.15, -0.1) is 0 Å². The van der Waals surface area contributed by atoms with E-state index < -0.39 is 0 Å². The van der Waals surface area contributed by atoms with Crippen LogP contribution in [0.5, 0.6) is 0 Å². The first-order valence-corrected chi connectivity index (χ1v) is 9.47. The number of amides is 1. The molecule has 0 aliphatic rings. The van der Waals surface area contributed by atoms with Crippen LogP contribution >= 0.6 is 11.6 Å². The summed E-state index contributed by atoms with van der Waals surface area (Å²) >= 11 is 5.98. The molecule has 0 bridgehead atoms. The fraction of sp³-hybridized carbons (Fsp3) is 0.200. The first-order valence-electron chi connectivity index (χ1n) is 9.09. The van der Waals surface area contributed by atoms with Crippen LogP contribution in [0.15, 0.2) is 54.9 Å². The zero-order valence-corrected chi connectivity index (χ0v) is 16.9. The molecule has 0 saturated heterocycles. The summed E-state index contributed by atoms with van der Waals surface area (Å²) in [4.78, 5) is 24.7. The number of carbonyl (C=O) groups is 1. The van der Waals surface area contributed by atoms with Crippen molar-refractivity contribution in [1.29, 1.82) is 0 Å². The smallest absolute Gasteiger partial charge is 0.269 e. The third-order valence-corrected chi connectivity index (χ3v) is 3.79. The molecule has 1 amide bonds. The highest BCUT2D eigenvalue weighted by molar-refractivity contribution is 6.30. The minimum absolute atomic E-state index is 0.0972. The van der Waals surface area contributed by atoms with E-state index in [2.05, 4.69) is 25.6 Å². The maximum atomic E-state index is 12.0. The molecule has 0 aliphatic heterocycles. The molecule has 0 radical (unpaired) electrons. The van der Waals surface area contributed by atoms with E-state index in [0.29, 0.717) is 23.2 Å². The number of nitrogens with two attached hydrogens (primary N) is 1. The lowest BCUT2D eigenvalue weighted by Crippen LogP contribution is -2.27. The van der Waals surface area contributed by atoms with Crippen molar-refractivity contribution in [1.82, 2.24) is 20.3 Å². The van der Waals surface area contributed by atoms with Crippen molar-refractivity contribution in [2.24, 2.45) is 5.73 Å². The average molecular weight is 431 g/mol. The number of rotatable bonds is 7. The number of halogens is 1. The molecule has 2 heterocycles. The number of nitrogens with one attached hydrogen (secondary N) is 2. The summed E-state index contributed by atoms with van der Waals surface area (Å²) in [6.45, 7) is 0.516.